The molecule has 3 aromatic rings. The number of hydrogen-bond acceptors (Lipinski definition) is 4. The van der Waals surface area contributed by atoms with Gasteiger partial charge in [-0.05, 0) is 59.4 Å². The SMILES string of the molecule is O=C(c1cc(F)ccc1-n1cnnn1)N1CCC(Cc2ccccc2)CC1. The molecule has 1 aliphatic rings. The van der Waals surface area contributed by atoms with Gasteiger partial charge in [-0.3, -0.25) is 4.79 Å². The lowest BCUT2D eigenvalue weighted by atomic mass is 9.90. The maximum atomic E-state index is 13.8. The van der Waals surface area contributed by atoms with Crippen LogP contribution in [0.4, 0.5) is 4.39 Å². The molecule has 0 aliphatic carbocycles. The van der Waals surface area contributed by atoms with Crippen molar-refractivity contribution >= 4 is 5.91 Å². The van der Waals surface area contributed by atoms with Crippen LogP contribution in [0.5, 0.6) is 0 Å². The first kappa shape index (κ1) is 17.3. The van der Waals surface area contributed by atoms with Crippen LogP contribution < -0.4 is 0 Å². The highest BCUT2D eigenvalue weighted by molar-refractivity contribution is 5.97. The summed E-state index contributed by atoms with van der Waals surface area (Å²) in [7, 11) is 0. The van der Waals surface area contributed by atoms with Crippen molar-refractivity contribution < 1.29 is 9.18 Å². The Bertz CT molecular complexity index is 905. The summed E-state index contributed by atoms with van der Waals surface area (Å²) < 4.78 is 15.2. The van der Waals surface area contributed by atoms with Crippen molar-refractivity contribution in [2.24, 2.45) is 5.92 Å². The van der Waals surface area contributed by atoms with Crippen molar-refractivity contribution in [3.8, 4) is 5.69 Å². The summed E-state index contributed by atoms with van der Waals surface area (Å²) in [5.41, 5.74) is 2.09. The third-order valence-electron chi connectivity index (χ3n) is 5.05. The number of amides is 1. The van der Waals surface area contributed by atoms with Crippen LogP contribution >= 0.6 is 0 Å². The number of likely N-dealkylation sites (tertiary alicyclic amines) is 1. The third kappa shape index (κ3) is 3.86. The highest BCUT2D eigenvalue weighted by Crippen LogP contribution is 2.24. The first-order chi connectivity index (χ1) is 13.2. The molecular formula is C20H20FN5O. The number of rotatable bonds is 4. The van der Waals surface area contributed by atoms with Gasteiger partial charge in [-0.25, -0.2) is 4.39 Å². The standard InChI is InChI=1S/C20H20FN5O/c21-17-6-7-19(26-14-22-23-24-26)18(13-17)20(27)25-10-8-16(9-11-25)12-15-4-2-1-3-5-15/h1-7,13-14,16H,8-12H2. The van der Waals surface area contributed by atoms with Crippen LogP contribution in [0.15, 0.2) is 54.9 Å². The summed E-state index contributed by atoms with van der Waals surface area (Å²) in [5.74, 6) is -0.0738. The normalized spacial score (nSPS) is 15.1. The van der Waals surface area contributed by atoms with Crippen LogP contribution in [0.25, 0.3) is 5.69 Å². The Balaban J connectivity index is 1.46. The van der Waals surface area contributed by atoms with E-state index in [1.807, 2.05) is 6.07 Å². The summed E-state index contributed by atoms with van der Waals surface area (Å²) in [6, 6.07) is 14.5. The monoisotopic (exact) mass is 365 g/mol. The number of carbonyl (C=O) groups is 1. The predicted molar refractivity (Wildman–Crippen MR) is 97.9 cm³/mol. The van der Waals surface area contributed by atoms with Crippen LogP contribution in [0, 0.1) is 11.7 Å². The third-order valence-corrected chi connectivity index (χ3v) is 5.05. The molecule has 4 rings (SSSR count). The molecule has 1 fully saturated rings. The number of aromatic nitrogens is 4. The summed E-state index contributed by atoms with van der Waals surface area (Å²) in [4.78, 5) is 14.8. The molecule has 0 saturated carbocycles. The average molecular weight is 365 g/mol. The van der Waals surface area contributed by atoms with Crippen LogP contribution in [-0.2, 0) is 6.42 Å². The molecule has 0 N–H and O–H groups in total. The minimum Gasteiger partial charge on any atom is -0.339 e. The molecule has 0 atom stereocenters. The molecule has 1 aliphatic heterocycles. The first-order valence-corrected chi connectivity index (χ1v) is 9.07. The number of piperidine rings is 1. The van der Waals surface area contributed by atoms with E-state index < -0.39 is 5.82 Å². The zero-order valence-corrected chi connectivity index (χ0v) is 14.8. The van der Waals surface area contributed by atoms with Gasteiger partial charge in [0.2, 0.25) is 0 Å². The second kappa shape index (κ2) is 7.65. The van der Waals surface area contributed by atoms with Gasteiger partial charge < -0.3 is 4.90 Å². The smallest absolute Gasteiger partial charge is 0.256 e. The lowest BCUT2D eigenvalue weighted by Gasteiger charge is -2.32. The van der Waals surface area contributed by atoms with Crippen molar-refractivity contribution in [2.75, 3.05) is 13.1 Å². The van der Waals surface area contributed by atoms with Crippen LogP contribution in [0.2, 0.25) is 0 Å². The van der Waals surface area contributed by atoms with Gasteiger partial charge in [0.05, 0.1) is 11.3 Å². The van der Waals surface area contributed by atoms with Crippen molar-refractivity contribution in [3.63, 3.8) is 0 Å². The lowest BCUT2D eigenvalue weighted by molar-refractivity contribution is 0.0690. The second-order valence-corrected chi connectivity index (χ2v) is 6.84. The van der Waals surface area contributed by atoms with Crippen molar-refractivity contribution in [3.05, 3.63) is 71.8 Å². The van der Waals surface area contributed by atoms with E-state index in [0.717, 1.165) is 19.3 Å². The Hall–Kier alpha value is -3.09. The molecule has 1 amide bonds. The number of halogens is 1. The quantitative estimate of drug-likeness (QED) is 0.713. The minimum absolute atomic E-state index is 0.182. The average Bonchev–Trinajstić information content (AvgIpc) is 3.23. The van der Waals surface area contributed by atoms with Crippen LogP contribution in [-0.4, -0.2) is 44.1 Å². The van der Waals surface area contributed by atoms with Crippen molar-refractivity contribution in [1.29, 1.82) is 0 Å². The van der Waals surface area contributed by atoms with Gasteiger partial charge in [-0.15, -0.1) is 5.10 Å². The fraction of sp³-hybridized carbons (Fsp3) is 0.300. The topological polar surface area (TPSA) is 63.9 Å². The van der Waals surface area contributed by atoms with E-state index >= 15 is 0 Å². The Labute approximate surface area is 156 Å². The second-order valence-electron chi connectivity index (χ2n) is 6.84. The molecule has 0 spiro atoms. The Morgan fingerprint density at radius 2 is 1.89 bits per heavy atom. The van der Waals surface area contributed by atoms with E-state index in [9.17, 15) is 9.18 Å². The molecule has 1 saturated heterocycles. The van der Waals surface area contributed by atoms with E-state index in [4.69, 9.17) is 0 Å². The Morgan fingerprint density at radius 3 is 2.59 bits per heavy atom. The molecule has 7 heteroatoms. The minimum atomic E-state index is -0.450. The molecule has 1 aromatic heterocycles. The summed E-state index contributed by atoms with van der Waals surface area (Å²) in [6.45, 7) is 1.34. The Morgan fingerprint density at radius 1 is 1.11 bits per heavy atom. The fourth-order valence-corrected chi connectivity index (χ4v) is 3.61. The molecule has 138 valence electrons. The van der Waals surface area contributed by atoms with Gasteiger partial charge in [0, 0.05) is 13.1 Å². The summed E-state index contributed by atoms with van der Waals surface area (Å²) >= 11 is 0. The molecule has 2 heterocycles. The fourth-order valence-electron chi connectivity index (χ4n) is 3.61. The highest BCUT2D eigenvalue weighted by atomic mass is 19.1. The number of carbonyl (C=O) groups excluding carboxylic acids is 1. The van der Waals surface area contributed by atoms with Gasteiger partial charge in [0.1, 0.15) is 12.1 Å². The maximum Gasteiger partial charge on any atom is 0.256 e. The number of tetrazole rings is 1. The molecular weight excluding hydrogens is 345 g/mol. The van der Waals surface area contributed by atoms with E-state index in [2.05, 4.69) is 39.8 Å². The van der Waals surface area contributed by atoms with Gasteiger partial charge in [-0.1, -0.05) is 30.3 Å². The van der Waals surface area contributed by atoms with Crippen LogP contribution in [0.1, 0.15) is 28.8 Å². The molecule has 0 bridgehead atoms. The number of nitrogens with zero attached hydrogens (tertiary/aromatic N) is 5. The molecule has 2 aromatic carbocycles. The van der Waals surface area contributed by atoms with Crippen LogP contribution in [0.3, 0.4) is 0 Å². The van der Waals surface area contributed by atoms with E-state index in [1.54, 1.807) is 4.90 Å². The number of hydrogen-bond donors (Lipinski definition) is 0. The predicted octanol–water partition coefficient (Wildman–Crippen LogP) is 2.90. The van der Waals surface area contributed by atoms with Gasteiger partial charge in [-0.2, -0.15) is 4.68 Å². The first-order valence-electron chi connectivity index (χ1n) is 9.07. The largest absolute Gasteiger partial charge is 0.339 e. The van der Waals surface area contributed by atoms with Gasteiger partial charge >= 0.3 is 0 Å². The molecule has 27 heavy (non-hydrogen) atoms. The summed E-state index contributed by atoms with van der Waals surface area (Å²) in [6.07, 6.45) is 4.31. The van der Waals surface area contributed by atoms with Crippen molar-refractivity contribution in [2.45, 2.75) is 19.3 Å². The zero-order chi connectivity index (χ0) is 18.6. The highest BCUT2D eigenvalue weighted by Gasteiger charge is 2.26. The lowest BCUT2D eigenvalue weighted by Crippen LogP contribution is -2.39. The Kier molecular flexibility index (Phi) is 4.91. The van der Waals surface area contributed by atoms with Gasteiger partial charge in [0.15, 0.2) is 0 Å². The maximum absolute atomic E-state index is 13.8. The molecule has 0 radical (unpaired) electrons. The molecule has 0 unspecified atom stereocenters. The van der Waals surface area contributed by atoms with Crippen molar-refractivity contribution in [1.82, 2.24) is 25.1 Å². The summed E-state index contributed by atoms with van der Waals surface area (Å²) in [5, 5.41) is 11.0. The van der Waals surface area contributed by atoms with E-state index in [-0.39, 0.29) is 11.5 Å². The molecule has 6 nitrogen and oxygen atoms in total. The van der Waals surface area contributed by atoms with E-state index in [1.165, 1.54) is 34.8 Å². The number of benzene rings is 2. The van der Waals surface area contributed by atoms with Gasteiger partial charge in [0.25, 0.3) is 5.91 Å². The zero-order valence-electron chi connectivity index (χ0n) is 14.8. The van der Waals surface area contributed by atoms with E-state index in [0.29, 0.717) is 24.7 Å².